The zero-order valence-electron chi connectivity index (χ0n) is 11.8. The largest absolute Gasteiger partial charge is 0.377 e. The van der Waals surface area contributed by atoms with Gasteiger partial charge in [-0.3, -0.25) is 10.1 Å². The van der Waals surface area contributed by atoms with Crippen LogP contribution in [0.15, 0.2) is 24.3 Å². The van der Waals surface area contributed by atoms with Crippen molar-refractivity contribution in [2.24, 2.45) is 11.3 Å². The Morgan fingerprint density at radius 2 is 2.10 bits per heavy atom. The first-order chi connectivity index (χ1) is 9.50. The van der Waals surface area contributed by atoms with Gasteiger partial charge in [-0.25, -0.2) is 0 Å². The SMILES string of the molecule is CC1(C)C(NCc2ccc([N+](=O)[O-])cc2)C2CCOC21. The average Bonchev–Trinajstić information content (AvgIpc) is 2.86. The highest BCUT2D eigenvalue weighted by Crippen LogP contribution is 2.52. The van der Waals surface area contributed by atoms with Crippen LogP contribution >= 0.6 is 0 Å². The van der Waals surface area contributed by atoms with Crippen molar-refractivity contribution in [1.82, 2.24) is 5.32 Å². The van der Waals surface area contributed by atoms with Gasteiger partial charge in [0.25, 0.3) is 5.69 Å². The van der Waals surface area contributed by atoms with Crippen LogP contribution in [0.1, 0.15) is 25.8 Å². The van der Waals surface area contributed by atoms with Crippen LogP contribution in [0.25, 0.3) is 0 Å². The monoisotopic (exact) mass is 276 g/mol. The van der Waals surface area contributed by atoms with Crippen LogP contribution < -0.4 is 5.32 Å². The number of nitro benzene ring substituents is 1. The van der Waals surface area contributed by atoms with Crippen molar-refractivity contribution >= 4 is 5.69 Å². The van der Waals surface area contributed by atoms with E-state index in [2.05, 4.69) is 19.2 Å². The molecular formula is C15H20N2O3. The Morgan fingerprint density at radius 3 is 2.75 bits per heavy atom. The van der Waals surface area contributed by atoms with Crippen molar-refractivity contribution in [3.05, 3.63) is 39.9 Å². The summed E-state index contributed by atoms with van der Waals surface area (Å²) in [5, 5.41) is 14.2. The molecule has 1 heterocycles. The molecule has 3 atom stereocenters. The highest BCUT2D eigenvalue weighted by atomic mass is 16.6. The molecule has 1 saturated heterocycles. The lowest BCUT2D eigenvalue weighted by molar-refractivity contribution is -0.384. The molecule has 108 valence electrons. The van der Waals surface area contributed by atoms with E-state index in [-0.39, 0.29) is 16.0 Å². The molecule has 0 radical (unpaired) electrons. The van der Waals surface area contributed by atoms with Crippen LogP contribution in [0.2, 0.25) is 0 Å². The lowest BCUT2D eigenvalue weighted by atomic mass is 9.57. The van der Waals surface area contributed by atoms with Crippen LogP contribution in [-0.4, -0.2) is 23.7 Å². The lowest BCUT2D eigenvalue weighted by Gasteiger charge is -2.55. The Bertz CT molecular complexity index is 512. The van der Waals surface area contributed by atoms with Crippen LogP contribution in [0.3, 0.4) is 0 Å². The minimum atomic E-state index is -0.368. The summed E-state index contributed by atoms with van der Waals surface area (Å²) >= 11 is 0. The van der Waals surface area contributed by atoms with Crippen molar-refractivity contribution in [3.63, 3.8) is 0 Å². The van der Waals surface area contributed by atoms with Gasteiger partial charge in [0.15, 0.2) is 0 Å². The summed E-state index contributed by atoms with van der Waals surface area (Å²) in [5.74, 6) is 0.614. The van der Waals surface area contributed by atoms with Crippen molar-refractivity contribution in [1.29, 1.82) is 0 Å². The van der Waals surface area contributed by atoms with Gasteiger partial charge in [0, 0.05) is 42.7 Å². The summed E-state index contributed by atoms with van der Waals surface area (Å²) < 4.78 is 5.78. The van der Waals surface area contributed by atoms with E-state index in [4.69, 9.17) is 4.74 Å². The molecule has 1 aromatic carbocycles. The Morgan fingerprint density at radius 1 is 1.40 bits per heavy atom. The smallest absolute Gasteiger partial charge is 0.269 e. The van der Waals surface area contributed by atoms with Crippen molar-refractivity contribution < 1.29 is 9.66 Å². The van der Waals surface area contributed by atoms with Gasteiger partial charge in [0.05, 0.1) is 11.0 Å². The number of nitrogens with zero attached hydrogens (tertiary/aromatic N) is 1. The average molecular weight is 276 g/mol. The first-order valence-corrected chi connectivity index (χ1v) is 7.08. The third-order valence-corrected chi connectivity index (χ3v) is 4.77. The molecule has 0 spiro atoms. The second-order valence-corrected chi connectivity index (χ2v) is 6.35. The Balaban J connectivity index is 1.61. The first-order valence-electron chi connectivity index (χ1n) is 7.08. The quantitative estimate of drug-likeness (QED) is 0.678. The van der Waals surface area contributed by atoms with E-state index < -0.39 is 0 Å². The molecule has 0 aromatic heterocycles. The normalized spacial score (nSPS) is 30.6. The Hall–Kier alpha value is -1.46. The number of non-ortho nitro benzene ring substituents is 1. The summed E-state index contributed by atoms with van der Waals surface area (Å²) in [6.45, 7) is 6.10. The van der Waals surface area contributed by atoms with Crippen LogP contribution in [0.4, 0.5) is 5.69 Å². The van der Waals surface area contributed by atoms with Crippen LogP contribution in [-0.2, 0) is 11.3 Å². The standard InChI is InChI=1S/C15H20N2O3/c1-15(2)13(12-7-8-20-14(12)15)16-9-10-3-5-11(6-4-10)17(18)19/h3-6,12-14,16H,7-9H2,1-2H3. The topological polar surface area (TPSA) is 64.4 Å². The minimum Gasteiger partial charge on any atom is -0.377 e. The number of nitrogens with one attached hydrogen (secondary N) is 1. The van der Waals surface area contributed by atoms with Crippen molar-refractivity contribution in [2.75, 3.05) is 6.61 Å². The molecule has 3 unspecified atom stereocenters. The van der Waals surface area contributed by atoms with E-state index in [9.17, 15) is 10.1 Å². The molecule has 5 heteroatoms. The van der Waals surface area contributed by atoms with Crippen LogP contribution in [0.5, 0.6) is 0 Å². The van der Waals surface area contributed by atoms with E-state index >= 15 is 0 Å². The molecule has 1 aromatic rings. The molecule has 1 aliphatic heterocycles. The molecule has 20 heavy (non-hydrogen) atoms. The Labute approximate surface area is 118 Å². The summed E-state index contributed by atoms with van der Waals surface area (Å²) in [7, 11) is 0. The highest BCUT2D eigenvalue weighted by molar-refractivity contribution is 5.32. The predicted molar refractivity (Wildman–Crippen MR) is 75.4 cm³/mol. The highest BCUT2D eigenvalue weighted by Gasteiger charge is 2.58. The summed E-state index contributed by atoms with van der Waals surface area (Å²) in [5.41, 5.74) is 1.39. The summed E-state index contributed by atoms with van der Waals surface area (Å²) in [4.78, 5) is 10.3. The third-order valence-electron chi connectivity index (χ3n) is 4.77. The molecule has 2 aliphatic rings. The molecule has 2 fully saturated rings. The first kappa shape index (κ1) is 13.5. The molecule has 0 bridgehead atoms. The number of nitro groups is 1. The number of hydrogen-bond donors (Lipinski definition) is 1. The fourth-order valence-corrected chi connectivity index (χ4v) is 3.70. The minimum absolute atomic E-state index is 0.141. The number of rotatable bonds is 4. The lowest BCUT2D eigenvalue weighted by Crippen LogP contribution is -2.65. The fourth-order valence-electron chi connectivity index (χ4n) is 3.70. The summed E-state index contributed by atoms with van der Waals surface area (Å²) in [6.07, 6.45) is 1.52. The van der Waals surface area contributed by atoms with Crippen LogP contribution in [0, 0.1) is 21.4 Å². The van der Waals surface area contributed by atoms with Gasteiger partial charge in [0.2, 0.25) is 0 Å². The number of hydrogen-bond acceptors (Lipinski definition) is 4. The van der Waals surface area contributed by atoms with Crippen molar-refractivity contribution in [2.45, 2.75) is 39.0 Å². The number of fused-ring (bicyclic) bond motifs is 1. The van der Waals surface area contributed by atoms with Gasteiger partial charge in [-0.1, -0.05) is 26.0 Å². The van der Waals surface area contributed by atoms with E-state index in [1.54, 1.807) is 12.1 Å². The zero-order chi connectivity index (χ0) is 14.3. The molecule has 3 rings (SSSR count). The number of ether oxygens (including phenoxy) is 1. The van der Waals surface area contributed by atoms with E-state index in [0.717, 1.165) is 25.1 Å². The second-order valence-electron chi connectivity index (χ2n) is 6.35. The maximum Gasteiger partial charge on any atom is 0.269 e. The fraction of sp³-hybridized carbons (Fsp3) is 0.600. The molecule has 1 aliphatic carbocycles. The molecular weight excluding hydrogens is 256 g/mol. The van der Waals surface area contributed by atoms with E-state index in [0.29, 0.717) is 18.1 Å². The number of benzene rings is 1. The summed E-state index contributed by atoms with van der Waals surface area (Å²) in [6, 6.07) is 7.22. The van der Waals surface area contributed by atoms with Gasteiger partial charge in [-0.15, -0.1) is 0 Å². The van der Waals surface area contributed by atoms with Gasteiger partial charge < -0.3 is 10.1 Å². The van der Waals surface area contributed by atoms with Gasteiger partial charge >= 0.3 is 0 Å². The Kier molecular flexibility index (Phi) is 3.26. The van der Waals surface area contributed by atoms with Gasteiger partial charge in [0.1, 0.15) is 0 Å². The van der Waals surface area contributed by atoms with E-state index in [1.807, 2.05) is 12.1 Å². The maximum atomic E-state index is 10.6. The molecule has 0 amide bonds. The molecule has 5 nitrogen and oxygen atoms in total. The molecule has 1 N–H and O–H groups in total. The van der Waals surface area contributed by atoms with Gasteiger partial charge in [-0.05, 0) is 12.0 Å². The van der Waals surface area contributed by atoms with Crippen molar-refractivity contribution in [3.8, 4) is 0 Å². The predicted octanol–water partition coefficient (Wildman–Crippen LogP) is 2.50. The third kappa shape index (κ3) is 2.11. The van der Waals surface area contributed by atoms with E-state index in [1.165, 1.54) is 0 Å². The van der Waals surface area contributed by atoms with Gasteiger partial charge in [-0.2, -0.15) is 0 Å². The second kappa shape index (κ2) is 4.82. The maximum absolute atomic E-state index is 10.6. The zero-order valence-corrected chi connectivity index (χ0v) is 11.8. The molecule has 1 saturated carbocycles.